The Kier molecular flexibility index (Phi) is 11.4. The van der Waals surface area contributed by atoms with Crippen LogP contribution in [-0.2, 0) is 19.9 Å². The SMILES string of the molecule is COC(=O)[C@H](CNC(C)=O)NC(=O)c1ccc2cc1OCCCCCCOc1ccc(cc1)C1(CC1)Nc1nc(nc(OCC(F)(F)F)n1)N2. The monoisotopic (exact) mass is 701 g/mol. The molecule has 1 saturated carbocycles. The summed E-state index contributed by atoms with van der Waals surface area (Å²) >= 11 is 0. The Morgan fingerprint density at radius 3 is 2.32 bits per heavy atom. The highest BCUT2D eigenvalue weighted by Gasteiger charge is 2.45. The van der Waals surface area contributed by atoms with E-state index in [0.717, 1.165) is 44.8 Å². The Labute approximate surface area is 285 Å². The van der Waals surface area contributed by atoms with Crippen LogP contribution < -0.4 is 35.5 Å². The maximum Gasteiger partial charge on any atom is 0.422 e. The first-order valence-corrected chi connectivity index (χ1v) is 16.1. The van der Waals surface area contributed by atoms with Crippen molar-refractivity contribution < 1.29 is 46.5 Å². The van der Waals surface area contributed by atoms with Crippen molar-refractivity contribution in [3.05, 3.63) is 53.6 Å². The molecule has 1 aliphatic carbocycles. The van der Waals surface area contributed by atoms with Crippen molar-refractivity contribution >= 4 is 35.4 Å². The number of hydrogen-bond donors (Lipinski definition) is 4. The minimum absolute atomic E-state index is 0.0103. The Balaban J connectivity index is 1.46. The zero-order chi connectivity index (χ0) is 35.7. The van der Waals surface area contributed by atoms with E-state index in [1.54, 1.807) is 0 Å². The molecule has 6 rings (SSSR count). The van der Waals surface area contributed by atoms with Gasteiger partial charge in [0.2, 0.25) is 17.8 Å². The number of benzene rings is 2. The second kappa shape index (κ2) is 15.9. The van der Waals surface area contributed by atoms with Crippen LogP contribution in [0.15, 0.2) is 42.5 Å². The Bertz CT molecular complexity index is 1670. The van der Waals surface area contributed by atoms with Crippen LogP contribution in [0.5, 0.6) is 17.5 Å². The predicted molar refractivity (Wildman–Crippen MR) is 173 cm³/mol. The fourth-order valence-corrected chi connectivity index (χ4v) is 5.16. The van der Waals surface area contributed by atoms with E-state index in [9.17, 15) is 27.6 Å². The number of fused-ring (bicyclic) bond motifs is 9. The fourth-order valence-electron chi connectivity index (χ4n) is 5.16. The molecule has 4 N–H and O–H groups in total. The third kappa shape index (κ3) is 10.1. The average molecular weight is 702 g/mol. The molecule has 268 valence electrons. The topological polar surface area (TPSA) is 175 Å². The van der Waals surface area contributed by atoms with Gasteiger partial charge in [-0.05, 0) is 68.4 Å². The molecule has 3 heterocycles. The minimum atomic E-state index is -4.63. The van der Waals surface area contributed by atoms with Gasteiger partial charge in [-0.2, -0.15) is 28.1 Å². The van der Waals surface area contributed by atoms with Gasteiger partial charge in [0.05, 0.1) is 31.4 Å². The van der Waals surface area contributed by atoms with Crippen LogP contribution in [0, 0.1) is 0 Å². The molecule has 0 radical (unpaired) electrons. The van der Waals surface area contributed by atoms with Gasteiger partial charge in [0.15, 0.2) is 6.61 Å². The summed E-state index contributed by atoms with van der Waals surface area (Å²) in [4.78, 5) is 49.8. The van der Waals surface area contributed by atoms with Crippen molar-refractivity contribution in [3.8, 4) is 17.5 Å². The lowest BCUT2D eigenvalue weighted by molar-refractivity contribution is -0.154. The molecule has 6 bridgehead atoms. The van der Waals surface area contributed by atoms with Gasteiger partial charge in [0.1, 0.15) is 17.5 Å². The third-order valence-corrected chi connectivity index (χ3v) is 7.88. The highest BCUT2D eigenvalue weighted by Crippen LogP contribution is 2.48. The molecule has 0 unspecified atom stereocenters. The first-order valence-electron chi connectivity index (χ1n) is 16.1. The van der Waals surface area contributed by atoms with Crippen LogP contribution in [0.25, 0.3) is 0 Å². The van der Waals surface area contributed by atoms with Gasteiger partial charge in [0, 0.05) is 25.2 Å². The van der Waals surface area contributed by atoms with E-state index in [-0.39, 0.29) is 36.4 Å². The van der Waals surface area contributed by atoms with Crippen molar-refractivity contribution in [1.82, 2.24) is 25.6 Å². The summed E-state index contributed by atoms with van der Waals surface area (Å²) in [5, 5.41) is 11.2. The molecular weight excluding hydrogens is 663 g/mol. The first-order chi connectivity index (χ1) is 23.9. The third-order valence-electron chi connectivity index (χ3n) is 7.88. The van der Waals surface area contributed by atoms with E-state index >= 15 is 0 Å². The molecule has 1 spiro atoms. The number of esters is 1. The highest BCUT2D eigenvalue weighted by atomic mass is 19.4. The Morgan fingerprint density at radius 1 is 0.960 bits per heavy atom. The summed E-state index contributed by atoms with van der Waals surface area (Å²) < 4.78 is 60.8. The van der Waals surface area contributed by atoms with Gasteiger partial charge >= 0.3 is 18.2 Å². The number of aromatic nitrogens is 3. The molecule has 3 aromatic rings. The summed E-state index contributed by atoms with van der Waals surface area (Å²) in [6.45, 7) is 0.229. The van der Waals surface area contributed by atoms with Crippen LogP contribution in [0.3, 0.4) is 0 Å². The number of ether oxygens (including phenoxy) is 4. The van der Waals surface area contributed by atoms with Gasteiger partial charge in [-0.15, -0.1) is 0 Å². The van der Waals surface area contributed by atoms with Crippen LogP contribution in [0.2, 0.25) is 0 Å². The second-order valence-electron chi connectivity index (χ2n) is 11.8. The summed E-state index contributed by atoms with van der Waals surface area (Å²) in [6.07, 6.45) is 0.0118. The molecule has 17 heteroatoms. The number of amides is 2. The minimum Gasteiger partial charge on any atom is -0.494 e. The van der Waals surface area contributed by atoms with Gasteiger partial charge < -0.3 is 40.2 Å². The number of carbonyl (C=O) groups is 3. The van der Waals surface area contributed by atoms with Crippen molar-refractivity contribution in [2.24, 2.45) is 0 Å². The molecule has 2 aliphatic heterocycles. The van der Waals surface area contributed by atoms with Crippen molar-refractivity contribution in [1.29, 1.82) is 0 Å². The lowest BCUT2D eigenvalue weighted by Crippen LogP contribution is -2.48. The maximum absolute atomic E-state index is 13.4. The van der Waals surface area contributed by atoms with Crippen LogP contribution in [0.1, 0.15) is 61.4 Å². The lowest BCUT2D eigenvalue weighted by Gasteiger charge is -2.20. The number of rotatable bonds is 7. The molecule has 1 atom stereocenters. The molecule has 14 nitrogen and oxygen atoms in total. The maximum atomic E-state index is 13.4. The molecule has 2 amide bonds. The number of carbonyl (C=O) groups excluding carboxylic acids is 3. The zero-order valence-electron chi connectivity index (χ0n) is 27.5. The quantitative estimate of drug-likeness (QED) is 0.256. The van der Waals surface area contributed by atoms with Crippen LogP contribution >= 0.6 is 0 Å². The molecule has 2 aromatic carbocycles. The second-order valence-corrected chi connectivity index (χ2v) is 11.8. The Morgan fingerprint density at radius 2 is 1.66 bits per heavy atom. The smallest absolute Gasteiger partial charge is 0.422 e. The fraction of sp³-hybridized carbons (Fsp3) is 0.455. The van der Waals surface area contributed by atoms with Gasteiger partial charge in [0.25, 0.3) is 5.91 Å². The number of halogens is 3. The predicted octanol–water partition coefficient (Wildman–Crippen LogP) is 4.40. The zero-order valence-corrected chi connectivity index (χ0v) is 27.5. The summed E-state index contributed by atoms with van der Waals surface area (Å²) in [5.74, 6) is -1.13. The van der Waals surface area contributed by atoms with Gasteiger partial charge in [-0.25, -0.2) is 4.79 Å². The Hall–Kier alpha value is -5.35. The molecule has 1 aromatic heterocycles. The van der Waals surface area contributed by atoms with E-state index < -0.39 is 48.2 Å². The standard InChI is InChI=1S/C33H38F3N7O7/c1-20(44)37-18-25(28(46)47-2)39-27(45)24-12-9-22-17-26(24)49-16-6-4-3-5-15-48-23-10-7-21(8-11-23)32(13-14-32)43-30-40-29(38-22)41-31(42-30)50-19-33(34,35)36/h7-12,17,25H,3-6,13-16,18-19H2,1-2H3,(H,37,44)(H,39,45)(H2,38,40,41,42,43)/t25-/m0/s1. The lowest BCUT2D eigenvalue weighted by atomic mass is 10.1. The van der Waals surface area contributed by atoms with E-state index in [2.05, 4.69) is 36.2 Å². The van der Waals surface area contributed by atoms with E-state index in [1.807, 2.05) is 24.3 Å². The number of nitrogens with one attached hydrogen (secondary N) is 4. The first kappa shape index (κ1) is 35.9. The highest BCUT2D eigenvalue weighted by molar-refractivity contribution is 5.99. The average Bonchev–Trinajstić information content (AvgIpc) is 3.86. The number of anilines is 3. The van der Waals surface area contributed by atoms with Gasteiger partial charge in [-0.3, -0.25) is 9.59 Å². The number of nitrogens with zero attached hydrogens (tertiary/aromatic N) is 3. The molecule has 3 aliphatic rings. The molecular formula is C33H38F3N7O7. The van der Waals surface area contributed by atoms with E-state index in [1.165, 1.54) is 25.1 Å². The van der Waals surface area contributed by atoms with Crippen molar-refractivity contribution in [3.63, 3.8) is 0 Å². The largest absolute Gasteiger partial charge is 0.494 e. The number of methoxy groups -OCH3 is 1. The van der Waals surface area contributed by atoms with Crippen LogP contribution in [-0.4, -0.2) is 78.4 Å². The molecule has 0 saturated heterocycles. The number of hydrogen-bond acceptors (Lipinski definition) is 12. The molecule has 50 heavy (non-hydrogen) atoms. The summed E-state index contributed by atoms with van der Waals surface area (Å²) in [7, 11) is 1.16. The normalized spacial score (nSPS) is 16.2. The molecule has 1 fully saturated rings. The van der Waals surface area contributed by atoms with E-state index in [0.29, 0.717) is 24.5 Å². The van der Waals surface area contributed by atoms with Crippen molar-refractivity contribution in [2.45, 2.75) is 63.2 Å². The number of alkyl halides is 3. The summed E-state index contributed by atoms with van der Waals surface area (Å²) in [6, 6.07) is 10.3. The summed E-state index contributed by atoms with van der Waals surface area (Å²) in [5.41, 5.74) is 0.796. The van der Waals surface area contributed by atoms with Crippen LogP contribution in [0.4, 0.5) is 30.8 Å². The van der Waals surface area contributed by atoms with E-state index in [4.69, 9.17) is 18.9 Å². The van der Waals surface area contributed by atoms with Crippen molar-refractivity contribution in [2.75, 3.05) is 44.1 Å². The van der Waals surface area contributed by atoms with Gasteiger partial charge in [-0.1, -0.05) is 12.1 Å².